The second kappa shape index (κ2) is 6.67. The van der Waals surface area contributed by atoms with E-state index >= 15 is 0 Å². The Morgan fingerprint density at radius 1 is 1.32 bits per heavy atom. The van der Waals surface area contributed by atoms with Crippen LogP contribution in [-0.4, -0.2) is 43.8 Å². The molecule has 0 aliphatic rings. The largest absolute Gasteiger partial charge is 0.480 e. The van der Waals surface area contributed by atoms with Crippen LogP contribution in [0.1, 0.15) is 32.4 Å². The molecule has 0 aliphatic heterocycles. The number of carboxylic acids is 1. The number of hydrogen-bond donors (Lipinski definition) is 2. The van der Waals surface area contributed by atoms with E-state index < -0.39 is 23.8 Å². The number of nitrogens with one attached hydrogen (secondary N) is 1. The molecule has 7 nitrogen and oxygen atoms in total. The molecule has 104 valence electrons. The molecule has 1 heterocycles. The lowest BCUT2D eigenvalue weighted by molar-refractivity contribution is -0.157. The number of rotatable bonds is 6. The Morgan fingerprint density at radius 2 is 1.89 bits per heavy atom. The molecule has 1 rings (SSSR count). The average molecular weight is 267 g/mol. The number of aromatic amines is 1. The van der Waals surface area contributed by atoms with Crippen LogP contribution in [0.5, 0.6) is 0 Å². The van der Waals surface area contributed by atoms with Crippen LogP contribution in [0.2, 0.25) is 0 Å². The van der Waals surface area contributed by atoms with Crippen LogP contribution in [0.15, 0.2) is 12.5 Å². The second-order valence-corrected chi connectivity index (χ2v) is 3.98. The van der Waals surface area contributed by atoms with Crippen LogP contribution in [0, 0.1) is 0 Å². The van der Waals surface area contributed by atoms with Gasteiger partial charge in [-0.05, 0) is 0 Å². The molecule has 1 aromatic heterocycles. The van der Waals surface area contributed by atoms with Crippen molar-refractivity contribution in [2.75, 3.05) is 0 Å². The Hall–Kier alpha value is -2.18. The number of H-pyrrole nitrogens is 1. The van der Waals surface area contributed by atoms with E-state index in [1.807, 2.05) is 0 Å². The highest BCUT2D eigenvalue weighted by Gasteiger charge is 2.33. The number of carboxylic acid groups (broad SMARTS) is 1. The third-order valence-electron chi connectivity index (χ3n) is 2.70. The lowest BCUT2D eigenvalue weighted by atomic mass is 10.1. The Kier molecular flexibility index (Phi) is 5.23. The lowest BCUT2D eigenvalue weighted by Crippen LogP contribution is -2.49. The van der Waals surface area contributed by atoms with Gasteiger partial charge in [0.2, 0.25) is 11.8 Å². The third kappa shape index (κ3) is 3.64. The number of carbonyl (C=O) groups is 3. The van der Waals surface area contributed by atoms with Gasteiger partial charge >= 0.3 is 5.97 Å². The molecule has 0 bridgehead atoms. The zero-order valence-electron chi connectivity index (χ0n) is 10.9. The second-order valence-electron chi connectivity index (χ2n) is 3.98. The zero-order valence-corrected chi connectivity index (χ0v) is 10.9. The van der Waals surface area contributed by atoms with Crippen molar-refractivity contribution in [2.24, 2.45) is 0 Å². The SMILES string of the molecule is CCC(=O)N(C(=O)CC)C(Cc1c[nH]cn1)C(=O)O. The summed E-state index contributed by atoms with van der Waals surface area (Å²) >= 11 is 0. The van der Waals surface area contributed by atoms with Crippen LogP contribution in [0.4, 0.5) is 0 Å². The van der Waals surface area contributed by atoms with Gasteiger partial charge in [-0.1, -0.05) is 13.8 Å². The van der Waals surface area contributed by atoms with E-state index in [0.717, 1.165) is 4.90 Å². The molecule has 0 saturated heterocycles. The molecular weight excluding hydrogens is 250 g/mol. The van der Waals surface area contributed by atoms with Gasteiger partial charge in [0.05, 0.1) is 12.0 Å². The average Bonchev–Trinajstić information content (AvgIpc) is 2.89. The first-order valence-electron chi connectivity index (χ1n) is 6.06. The molecule has 1 atom stereocenters. The molecule has 0 aliphatic carbocycles. The molecule has 19 heavy (non-hydrogen) atoms. The fourth-order valence-corrected chi connectivity index (χ4v) is 1.72. The van der Waals surface area contributed by atoms with Gasteiger partial charge in [-0.2, -0.15) is 0 Å². The molecular formula is C12H17N3O4. The number of nitrogens with zero attached hydrogens (tertiary/aromatic N) is 2. The van der Waals surface area contributed by atoms with Gasteiger partial charge in [-0.25, -0.2) is 9.78 Å². The summed E-state index contributed by atoms with van der Waals surface area (Å²) in [6, 6.07) is -1.22. The molecule has 2 N–H and O–H groups in total. The quantitative estimate of drug-likeness (QED) is 0.784. The molecule has 0 saturated carbocycles. The van der Waals surface area contributed by atoms with Crippen LogP contribution in [-0.2, 0) is 20.8 Å². The molecule has 1 aromatic rings. The van der Waals surface area contributed by atoms with Gasteiger partial charge in [0, 0.05) is 25.5 Å². The van der Waals surface area contributed by atoms with Crippen LogP contribution < -0.4 is 0 Å². The van der Waals surface area contributed by atoms with Crippen LogP contribution >= 0.6 is 0 Å². The normalized spacial score (nSPS) is 11.9. The summed E-state index contributed by atoms with van der Waals surface area (Å²) in [5, 5.41) is 9.25. The van der Waals surface area contributed by atoms with E-state index in [2.05, 4.69) is 9.97 Å². The van der Waals surface area contributed by atoms with Gasteiger partial charge in [0.25, 0.3) is 0 Å². The summed E-state index contributed by atoms with van der Waals surface area (Å²) in [6.07, 6.45) is 3.12. The molecule has 1 unspecified atom stereocenters. The minimum absolute atomic E-state index is 0.00366. The van der Waals surface area contributed by atoms with Crippen LogP contribution in [0.25, 0.3) is 0 Å². The van der Waals surface area contributed by atoms with E-state index in [9.17, 15) is 19.5 Å². The van der Waals surface area contributed by atoms with E-state index in [1.54, 1.807) is 20.0 Å². The van der Waals surface area contributed by atoms with E-state index in [4.69, 9.17) is 0 Å². The fraction of sp³-hybridized carbons (Fsp3) is 0.500. The van der Waals surface area contributed by atoms with Crippen molar-refractivity contribution < 1.29 is 19.5 Å². The number of imide groups is 1. The van der Waals surface area contributed by atoms with Crippen LogP contribution in [0.3, 0.4) is 0 Å². The lowest BCUT2D eigenvalue weighted by Gasteiger charge is -2.26. The van der Waals surface area contributed by atoms with Gasteiger partial charge in [-0.3, -0.25) is 14.5 Å². The zero-order chi connectivity index (χ0) is 14.4. The third-order valence-corrected chi connectivity index (χ3v) is 2.70. The minimum Gasteiger partial charge on any atom is -0.480 e. The highest BCUT2D eigenvalue weighted by molar-refractivity contribution is 5.99. The monoisotopic (exact) mass is 267 g/mol. The van der Waals surface area contributed by atoms with Crippen molar-refractivity contribution in [1.29, 1.82) is 0 Å². The van der Waals surface area contributed by atoms with E-state index in [1.165, 1.54) is 6.33 Å². The summed E-state index contributed by atoms with van der Waals surface area (Å²) < 4.78 is 0. The minimum atomic E-state index is -1.22. The summed E-state index contributed by atoms with van der Waals surface area (Å²) in [7, 11) is 0. The first-order valence-corrected chi connectivity index (χ1v) is 6.06. The fourth-order valence-electron chi connectivity index (χ4n) is 1.72. The maximum Gasteiger partial charge on any atom is 0.327 e. The Labute approximate surface area is 110 Å². The van der Waals surface area contributed by atoms with Crippen molar-refractivity contribution in [2.45, 2.75) is 39.2 Å². The first kappa shape index (κ1) is 14.9. The molecule has 0 radical (unpaired) electrons. The summed E-state index contributed by atoms with van der Waals surface area (Å²) in [6.45, 7) is 3.18. The number of imidazole rings is 1. The Balaban J connectivity index is 3.01. The first-order chi connectivity index (χ1) is 9.01. The molecule has 0 spiro atoms. The predicted octanol–water partition coefficient (Wildman–Crippen LogP) is 0.581. The van der Waals surface area contributed by atoms with Crippen molar-refractivity contribution in [1.82, 2.24) is 14.9 Å². The molecule has 0 aromatic carbocycles. The highest BCUT2D eigenvalue weighted by atomic mass is 16.4. The van der Waals surface area contributed by atoms with Crippen molar-refractivity contribution in [3.05, 3.63) is 18.2 Å². The van der Waals surface area contributed by atoms with E-state index in [-0.39, 0.29) is 19.3 Å². The smallest absolute Gasteiger partial charge is 0.327 e. The highest BCUT2D eigenvalue weighted by Crippen LogP contribution is 2.11. The number of amides is 2. The topological polar surface area (TPSA) is 103 Å². The Bertz CT molecular complexity index is 440. The van der Waals surface area contributed by atoms with Gasteiger partial charge < -0.3 is 10.1 Å². The van der Waals surface area contributed by atoms with Crippen molar-refractivity contribution in [3.8, 4) is 0 Å². The standard InChI is InChI=1S/C12H17N3O4/c1-3-10(16)15(11(17)4-2)9(12(18)19)5-8-6-13-7-14-8/h6-7,9H,3-5H2,1-2H3,(H,13,14)(H,18,19). The number of hydrogen-bond acceptors (Lipinski definition) is 4. The number of aromatic nitrogens is 2. The molecule has 2 amide bonds. The Morgan fingerprint density at radius 3 is 2.26 bits per heavy atom. The predicted molar refractivity (Wildman–Crippen MR) is 66.2 cm³/mol. The van der Waals surface area contributed by atoms with Gasteiger partial charge in [0.15, 0.2) is 0 Å². The maximum atomic E-state index is 11.8. The van der Waals surface area contributed by atoms with E-state index in [0.29, 0.717) is 5.69 Å². The van der Waals surface area contributed by atoms with Crippen molar-refractivity contribution in [3.63, 3.8) is 0 Å². The molecule has 7 heteroatoms. The number of carbonyl (C=O) groups excluding carboxylic acids is 2. The summed E-state index contributed by atoms with van der Waals surface area (Å²) in [4.78, 5) is 42.4. The van der Waals surface area contributed by atoms with Gasteiger partial charge in [0.1, 0.15) is 6.04 Å². The van der Waals surface area contributed by atoms with Crippen molar-refractivity contribution >= 4 is 17.8 Å². The molecule has 0 fully saturated rings. The maximum absolute atomic E-state index is 11.8. The summed E-state index contributed by atoms with van der Waals surface area (Å²) in [5.41, 5.74) is 0.491. The summed E-state index contributed by atoms with van der Waals surface area (Å²) in [5.74, 6) is -2.20. The number of aliphatic carboxylic acids is 1. The van der Waals surface area contributed by atoms with Gasteiger partial charge in [-0.15, -0.1) is 0 Å².